The zero-order valence-electron chi connectivity index (χ0n) is 14.5. The number of carbonyl (C=O) groups excluding carboxylic acids is 1. The largest absolute Gasteiger partial charge is 0.425 e. The van der Waals surface area contributed by atoms with Gasteiger partial charge in [0.25, 0.3) is 0 Å². The van der Waals surface area contributed by atoms with Crippen LogP contribution in [0.1, 0.15) is 64.7 Å². The summed E-state index contributed by atoms with van der Waals surface area (Å²) in [6.45, 7) is 2.30. The zero-order valence-corrected chi connectivity index (χ0v) is 14.5. The van der Waals surface area contributed by atoms with Gasteiger partial charge in [-0.05, 0) is 68.4 Å². The maximum absolute atomic E-state index is 12.8. The third kappa shape index (κ3) is 4.34. The Kier molecular flexibility index (Phi) is 5.85. The first-order valence-corrected chi connectivity index (χ1v) is 9.49. The molecule has 0 unspecified atom stereocenters. The topological polar surface area (TPSA) is 39.2 Å². The van der Waals surface area contributed by atoms with Crippen molar-refractivity contribution < 1.29 is 13.9 Å². The van der Waals surface area contributed by atoms with Crippen molar-refractivity contribution in [1.29, 1.82) is 0 Å². The van der Waals surface area contributed by atoms with Gasteiger partial charge >= 0.3 is 5.97 Å². The van der Waals surface area contributed by atoms with Crippen LogP contribution >= 0.6 is 0 Å². The summed E-state index contributed by atoms with van der Waals surface area (Å²) in [5.41, 5.74) is 0. The van der Waals surface area contributed by atoms with Crippen LogP contribution in [0, 0.1) is 29.6 Å². The summed E-state index contributed by atoms with van der Waals surface area (Å²) < 4.78 is 18.1. The monoisotopic (exact) mass is 333 g/mol. The van der Waals surface area contributed by atoms with E-state index < -0.39 is 5.95 Å². The number of halogens is 1. The Morgan fingerprint density at radius 2 is 1.71 bits per heavy atom. The summed E-state index contributed by atoms with van der Waals surface area (Å²) in [7, 11) is 0. The Morgan fingerprint density at radius 1 is 1.08 bits per heavy atom. The normalized spacial score (nSPS) is 30.8. The molecule has 3 rings (SSSR count). The number of hydrogen-bond acceptors (Lipinski definition) is 3. The molecular formula is C20H28FNO2. The highest BCUT2D eigenvalue weighted by Crippen LogP contribution is 2.42. The third-order valence-electron chi connectivity index (χ3n) is 6.16. The van der Waals surface area contributed by atoms with Crippen LogP contribution in [0.15, 0.2) is 18.3 Å². The molecule has 4 heteroatoms. The minimum Gasteiger partial charge on any atom is -0.425 e. The number of hydrogen-bond donors (Lipinski definition) is 0. The summed E-state index contributed by atoms with van der Waals surface area (Å²) in [6.07, 6.45) is 12.2. The molecule has 3 nitrogen and oxygen atoms in total. The van der Waals surface area contributed by atoms with E-state index in [9.17, 15) is 9.18 Å². The minimum absolute atomic E-state index is 0.0155. The smallest absolute Gasteiger partial charge is 0.314 e. The molecule has 1 heterocycles. The molecule has 0 saturated heterocycles. The summed E-state index contributed by atoms with van der Waals surface area (Å²) in [6, 6.07) is 2.67. The van der Waals surface area contributed by atoms with Gasteiger partial charge in [0.2, 0.25) is 5.95 Å². The number of rotatable bonds is 4. The third-order valence-corrected chi connectivity index (χ3v) is 6.16. The van der Waals surface area contributed by atoms with Crippen molar-refractivity contribution in [3.05, 3.63) is 24.3 Å². The van der Waals surface area contributed by atoms with Gasteiger partial charge in [0.1, 0.15) is 5.75 Å². The van der Waals surface area contributed by atoms with Crippen LogP contribution in [-0.2, 0) is 4.79 Å². The first-order valence-electron chi connectivity index (χ1n) is 9.49. The summed E-state index contributed by atoms with van der Waals surface area (Å²) >= 11 is 0. The molecule has 0 aliphatic heterocycles. The molecule has 0 bridgehead atoms. The van der Waals surface area contributed by atoms with Gasteiger partial charge in [0, 0.05) is 0 Å². The van der Waals surface area contributed by atoms with E-state index in [1.165, 1.54) is 50.4 Å². The Balaban J connectivity index is 1.44. The fraction of sp³-hybridized carbons (Fsp3) is 0.700. The molecule has 0 amide bonds. The predicted molar refractivity (Wildman–Crippen MR) is 91.0 cm³/mol. The van der Waals surface area contributed by atoms with Crippen molar-refractivity contribution >= 4 is 5.97 Å². The lowest BCUT2D eigenvalue weighted by Crippen LogP contribution is -2.30. The molecule has 2 aliphatic carbocycles. The Labute approximate surface area is 144 Å². The van der Waals surface area contributed by atoms with E-state index in [2.05, 4.69) is 11.9 Å². The molecule has 0 aromatic carbocycles. The first-order chi connectivity index (χ1) is 11.7. The highest BCUT2D eigenvalue weighted by molar-refractivity contribution is 5.75. The zero-order chi connectivity index (χ0) is 16.9. The highest BCUT2D eigenvalue weighted by Gasteiger charge is 2.33. The molecule has 0 atom stereocenters. The number of pyridine rings is 1. The number of esters is 1. The van der Waals surface area contributed by atoms with Crippen molar-refractivity contribution in [2.75, 3.05) is 0 Å². The Hall–Kier alpha value is -1.45. The number of aromatic nitrogens is 1. The molecular weight excluding hydrogens is 305 g/mol. The number of nitrogens with zero attached hydrogens (tertiary/aromatic N) is 1. The van der Waals surface area contributed by atoms with Gasteiger partial charge in [-0.1, -0.05) is 26.2 Å². The van der Waals surface area contributed by atoms with Crippen LogP contribution in [0.5, 0.6) is 5.75 Å². The van der Waals surface area contributed by atoms with E-state index in [0.717, 1.165) is 43.4 Å². The van der Waals surface area contributed by atoms with E-state index in [1.54, 1.807) is 0 Å². The molecule has 132 valence electrons. The molecule has 2 saturated carbocycles. The summed E-state index contributed by atoms with van der Waals surface area (Å²) in [5, 5.41) is 0. The molecule has 0 radical (unpaired) electrons. The van der Waals surface area contributed by atoms with Crippen molar-refractivity contribution in [2.45, 2.75) is 64.7 Å². The lowest BCUT2D eigenvalue weighted by atomic mass is 9.69. The van der Waals surface area contributed by atoms with Crippen LogP contribution in [0.4, 0.5) is 4.39 Å². The van der Waals surface area contributed by atoms with Gasteiger partial charge in [-0.3, -0.25) is 4.79 Å². The van der Waals surface area contributed by atoms with E-state index in [4.69, 9.17) is 4.74 Å². The second kappa shape index (κ2) is 8.09. The van der Waals surface area contributed by atoms with Gasteiger partial charge < -0.3 is 4.74 Å². The second-order valence-electron chi connectivity index (χ2n) is 7.54. The van der Waals surface area contributed by atoms with E-state index in [0.29, 0.717) is 5.75 Å². The van der Waals surface area contributed by atoms with Crippen molar-refractivity contribution in [1.82, 2.24) is 4.98 Å². The maximum Gasteiger partial charge on any atom is 0.314 e. The molecule has 1 aromatic heterocycles. The molecule has 1 aromatic rings. The lowest BCUT2D eigenvalue weighted by molar-refractivity contribution is -0.140. The van der Waals surface area contributed by atoms with Gasteiger partial charge in [0.05, 0.1) is 12.1 Å². The molecule has 2 aliphatic rings. The second-order valence-corrected chi connectivity index (χ2v) is 7.54. The summed E-state index contributed by atoms with van der Waals surface area (Å²) in [5.74, 6) is 2.17. The molecule has 2 fully saturated rings. The van der Waals surface area contributed by atoms with E-state index in [1.807, 2.05) is 0 Å². The van der Waals surface area contributed by atoms with Crippen LogP contribution in [-0.4, -0.2) is 11.0 Å². The number of carbonyl (C=O) groups is 1. The van der Waals surface area contributed by atoms with Gasteiger partial charge in [-0.2, -0.15) is 4.39 Å². The SMILES string of the molecule is CCC1CCC(C2CCC(C(=O)Oc3ccc(F)nc3)CC2)CC1. The lowest BCUT2D eigenvalue weighted by Gasteiger charge is -2.37. The molecule has 24 heavy (non-hydrogen) atoms. The molecule has 0 spiro atoms. The van der Waals surface area contributed by atoms with Crippen molar-refractivity contribution in [2.24, 2.45) is 23.7 Å². The summed E-state index contributed by atoms with van der Waals surface area (Å²) in [4.78, 5) is 15.8. The van der Waals surface area contributed by atoms with Crippen LogP contribution < -0.4 is 4.74 Å². The average Bonchev–Trinajstić information content (AvgIpc) is 2.64. The van der Waals surface area contributed by atoms with Crippen LogP contribution in [0.25, 0.3) is 0 Å². The number of ether oxygens (including phenoxy) is 1. The van der Waals surface area contributed by atoms with Gasteiger partial charge in [0.15, 0.2) is 0 Å². The van der Waals surface area contributed by atoms with Crippen LogP contribution in [0.2, 0.25) is 0 Å². The maximum atomic E-state index is 12.8. The minimum atomic E-state index is -0.562. The Bertz CT molecular complexity index is 529. The fourth-order valence-electron chi connectivity index (χ4n) is 4.52. The van der Waals surface area contributed by atoms with Crippen molar-refractivity contribution in [3.8, 4) is 5.75 Å². The fourth-order valence-corrected chi connectivity index (χ4v) is 4.52. The Morgan fingerprint density at radius 3 is 2.25 bits per heavy atom. The van der Waals surface area contributed by atoms with Crippen molar-refractivity contribution in [3.63, 3.8) is 0 Å². The van der Waals surface area contributed by atoms with E-state index >= 15 is 0 Å². The highest BCUT2D eigenvalue weighted by atomic mass is 19.1. The standard InChI is InChI=1S/C20H28FNO2/c1-2-14-3-5-15(6-4-14)16-7-9-17(10-8-16)20(23)24-18-11-12-19(21)22-13-18/h11-17H,2-10H2,1H3. The van der Waals surface area contributed by atoms with Gasteiger partial charge in [-0.15, -0.1) is 0 Å². The quantitative estimate of drug-likeness (QED) is 0.565. The van der Waals surface area contributed by atoms with E-state index in [-0.39, 0.29) is 11.9 Å². The van der Waals surface area contributed by atoms with Gasteiger partial charge in [-0.25, -0.2) is 4.98 Å². The molecule has 0 N–H and O–H groups in total. The predicted octanol–water partition coefficient (Wildman–Crippen LogP) is 5.15. The first kappa shape index (κ1) is 17.4. The average molecular weight is 333 g/mol. The van der Waals surface area contributed by atoms with Crippen LogP contribution in [0.3, 0.4) is 0 Å².